The molecule has 1 aliphatic rings. The van der Waals surface area contributed by atoms with Gasteiger partial charge in [-0.2, -0.15) is 5.10 Å². The number of aromatic amines is 1. The Labute approximate surface area is 197 Å². The number of likely N-dealkylation sites (N-methyl/N-ethyl adjacent to an activating group) is 1. The molecule has 0 atom stereocenters. The fraction of sp³-hybridized carbons (Fsp3) is 0.385. The third-order valence-corrected chi connectivity index (χ3v) is 6.59. The van der Waals surface area contributed by atoms with Crippen LogP contribution in [-0.4, -0.2) is 58.2 Å². The Kier molecular flexibility index (Phi) is 6.00. The fourth-order valence-electron chi connectivity index (χ4n) is 4.89. The number of H-pyrrole nitrogens is 1. The summed E-state index contributed by atoms with van der Waals surface area (Å²) in [6.45, 7) is 3.28. The number of benzene rings is 1. The normalized spacial score (nSPS) is 13.9. The molecule has 34 heavy (non-hydrogen) atoms. The van der Waals surface area contributed by atoms with Crippen LogP contribution in [0.15, 0.2) is 24.4 Å². The van der Waals surface area contributed by atoms with Gasteiger partial charge in [0, 0.05) is 47.4 Å². The van der Waals surface area contributed by atoms with Gasteiger partial charge in [-0.3, -0.25) is 14.9 Å². The topological polar surface area (TPSA) is 86.8 Å². The summed E-state index contributed by atoms with van der Waals surface area (Å²) in [6.07, 6.45) is 6.70. The molecule has 0 saturated heterocycles. The van der Waals surface area contributed by atoms with Crippen molar-refractivity contribution in [3.63, 3.8) is 0 Å². The Bertz CT molecular complexity index is 1380. The lowest BCUT2D eigenvalue weighted by Gasteiger charge is -2.17. The smallest absolute Gasteiger partial charge is 0.269 e. The number of carbonyl (C=O) groups is 1. The summed E-state index contributed by atoms with van der Waals surface area (Å²) in [7, 11) is 3.92. The number of pyridine rings is 2. The summed E-state index contributed by atoms with van der Waals surface area (Å²) in [5.74, 6) is -0.574. The van der Waals surface area contributed by atoms with Crippen molar-refractivity contribution in [2.75, 3.05) is 27.2 Å². The van der Waals surface area contributed by atoms with E-state index in [1.165, 1.54) is 6.07 Å². The summed E-state index contributed by atoms with van der Waals surface area (Å²) in [5.41, 5.74) is 6.17. The number of halogens is 1. The number of nitrogens with zero attached hydrogens (tertiary/aromatic N) is 4. The van der Waals surface area contributed by atoms with E-state index in [-0.39, 0.29) is 11.7 Å². The molecular weight excluding hydrogens is 431 g/mol. The number of hydrogen-bond acceptors (Lipinski definition) is 5. The summed E-state index contributed by atoms with van der Waals surface area (Å²) < 4.78 is 15.2. The van der Waals surface area contributed by atoms with Gasteiger partial charge in [0.25, 0.3) is 5.91 Å². The minimum Gasteiger partial charge on any atom is -0.349 e. The molecule has 1 aromatic carbocycles. The Morgan fingerprint density at radius 1 is 1.15 bits per heavy atom. The minimum atomic E-state index is -0.368. The highest BCUT2D eigenvalue weighted by Crippen LogP contribution is 2.39. The third kappa shape index (κ3) is 4.03. The molecule has 0 bridgehead atoms. The van der Waals surface area contributed by atoms with Gasteiger partial charge in [0.1, 0.15) is 11.2 Å². The first-order chi connectivity index (χ1) is 16.4. The Balaban J connectivity index is 1.61. The second kappa shape index (κ2) is 9.10. The first kappa shape index (κ1) is 22.4. The highest BCUT2D eigenvalue weighted by Gasteiger charge is 2.23. The average Bonchev–Trinajstić information content (AvgIpc) is 3.03. The second-order valence-electron chi connectivity index (χ2n) is 9.29. The molecule has 7 nitrogen and oxygen atoms in total. The number of aryl methyl sites for hydroxylation is 2. The van der Waals surface area contributed by atoms with E-state index in [0.717, 1.165) is 77.5 Å². The molecule has 8 heteroatoms. The number of hydrogen-bond donors (Lipinski definition) is 2. The van der Waals surface area contributed by atoms with Crippen LogP contribution in [0.4, 0.5) is 4.39 Å². The van der Waals surface area contributed by atoms with Gasteiger partial charge >= 0.3 is 0 Å². The maximum atomic E-state index is 15.2. The number of aromatic nitrogens is 4. The SMILES string of the molecule is Cc1[nH]nc2cc(F)c3nc(-c4ccc(C(=O)NCCN(C)C)nc4)c4c(c3c12)CCCCC4. The highest BCUT2D eigenvalue weighted by atomic mass is 19.1. The zero-order chi connectivity index (χ0) is 23.8. The Morgan fingerprint density at radius 3 is 2.68 bits per heavy atom. The van der Waals surface area contributed by atoms with Gasteiger partial charge < -0.3 is 10.2 Å². The number of amides is 1. The predicted molar refractivity (Wildman–Crippen MR) is 131 cm³/mol. The molecule has 0 spiro atoms. The number of rotatable bonds is 5. The molecule has 3 aromatic heterocycles. The van der Waals surface area contributed by atoms with Crippen molar-refractivity contribution in [1.29, 1.82) is 0 Å². The van der Waals surface area contributed by atoms with Gasteiger partial charge in [-0.05, 0) is 70.0 Å². The summed E-state index contributed by atoms with van der Waals surface area (Å²) in [5, 5.41) is 12.0. The van der Waals surface area contributed by atoms with Gasteiger partial charge in [-0.1, -0.05) is 6.42 Å². The summed E-state index contributed by atoms with van der Waals surface area (Å²) >= 11 is 0. The average molecular weight is 461 g/mol. The standard InChI is InChI=1S/C26H29FN6O/c1-15-22-21(32-31-15)13-19(27)25-23(22)17-7-5-4-6-8-18(17)24(30-25)16-9-10-20(29-14-16)26(34)28-11-12-33(2)3/h9-10,13-14H,4-8,11-12H2,1-3H3,(H,28,34)(H,31,32). The van der Waals surface area contributed by atoms with Crippen LogP contribution in [-0.2, 0) is 12.8 Å². The number of fused-ring (bicyclic) bond motifs is 5. The predicted octanol–water partition coefficient (Wildman–Crippen LogP) is 4.18. The van der Waals surface area contributed by atoms with Gasteiger partial charge in [-0.25, -0.2) is 9.37 Å². The first-order valence-corrected chi connectivity index (χ1v) is 11.8. The lowest BCUT2D eigenvalue weighted by molar-refractivity contribution is 0.0946. The van der Waals surface area contributed by atoms with Crippen molar-refractivity contribution in [2.24, 2.45) is 0 Å². The Hall–Kier alpha value is -3.39. The first-order valence-electron chi connectivity index (χ1n) is 11.8. The quantitative estimate of drug-likeness (QED) is 0.436. The van der Waals surface area contributed by atoms with Crippen LogP contribution in [0.1, 0.15) is 46.6 Å². The van der Waals surface area contributed by atoms with Crippen LogP contribution in [0.5, 0.6) is 0 Å². The lowest BCUT2D eigenvalue weighted by atomic mass is 9.92. The van der Waals surface area contributed by atoms with E-state index in [9.17, 15) is 4.79 Å². The Morgan fingerprint density at radius 2 is 1.94 bits per heavy atom. The van der Waals surface area contributed by atoms with Crippen molar-refractivity contribution in [3.8, 4) is 11.3 Å². The molecule has 0 saturated carbocycles. The minimum absolute atomic E-state index is 0.206. The van der Waals surface area contributed by atoms with E-state index in [1.54, 1.807) is 12.3 Å². The number of nitrogens with one attached hydrogen (secondary N) is 2. The van der Waals surface area contributed by atoms with Crippen molar-refractivity contribution in [1.82, 2.24) is 30.4 Å². The van der Waals surface area contributed by atoms with Crippen LogP contribution in [0.3, 0.4) is 0 Å². The van der Waals surface area contributed by atoms with Crippen LogP contribution in [0.25, 0.3) is 33.1 Å². The van der Waals surface area contributed by atoms with E-state index in [2.05, 4.69) is 20.5 Å². The van der Waals surface area contributed by atoms with E-state index < -0.39 is 0 Å². The molecule has 3 heterocycles. The van der Waals surface area contributed by atoms with Crippen molar-refractivity contribution >= 4 is 27.7 Å². The molecule has 1 amide bonds. The molecule has 1 aliphatic carbocycles. The highest BCUT2D eigenvalue weighted by molar-refractivity contribution is 6.09. The zero-order valence-corrected chi connectivity index (χ0v) is 19.8. The second-order valence-corrected chi connectivity index (χ2v) is 9.29. The van der Waals surface area contributed by atoms with Gasteiger partial charge in [-0.15, -0.1) is 0 Å². The molecule has 0 fully saturated rings. The van der Waals surface area contributed by atoms with Crippen LogP contribution in [0.2, 0.25) is 0 Å². The van der Waals surface area contributed by atoms with E-state index in [1.807, 2.05) is 32.0 Å². The molecular formula is C26H29FN6O. The molecule has 0 aliphatic heterocycles. The van der Waals surface area contributed by atoms with Crippen LogP contribution < -0.4 is 5.32 Å². The van der Waals surface area contributed by atoms with Crippen LogP contribution in [0, 0.1) is 12.7 Å². The fourth-order valence-corrected chi connectivity index (χ4v) is 4.89. The molecule has 176 valence electrons. The zero-order valence-electron chi connectivity index (χ0n) is 19.8. The maximum absolute atomic E-state index is 15.2. The van der Waals surface area contributed by atoms with Crippen molar-refractivity contribution in [2.45, 2.75) is 39.0 Å². The van der Waals surface area contributed by atoms with E-state index in [0.29, 0.717) is 23.3 Å². The molecule has 2 N–H and O–H groups in total. The van der Waals surface area contributed by atoms with Crippen LogP contribution >= 0.6 is 0 Å². The molecule has 0 radical (unpaired) electrons. The molecule has 5 rings (SSSR count). The van der Waals surface area contributed by atoms with Gasteiger partial charge in [0.15, 0.2) is 5.82 Å². The van der Waals surface area contributed by atoms with Crippen molar-refractivity contribution < 1.29 is 9.18 Å². The maximum Gasteiger partial charge on any atom is 0.269 e. The third-order valence-electron chi connectivity index (χ3n) is 6.59. The molecule has 4 aromatic rings. The van der Waals surface area contributed by atoms with Gasteiger partial charge in [0.05, 0.1) is 11.2 Å². The van der Waals surface area contributed by atoms with E-state index in [4.69, 9.17) is 4.98 Å². The summed E-state index contributed by atoms with van der Waals surface area (Å²) in [4.78, 5) is 23.7. The van der Waals surface area contributed by atoms with E-state index >= 15 is 4.39 Å². The monoisotopic (exact) mass is 460 g/mol. The van der Waals surface area contributed by atoms with Crippen molar-refractivity contribution in [3.05, 3.63) is 52.7 Å². The lowest BCUT2D eigenvalue weighted by Crippen LogP contribution is -2.31. The largest absolute Gasteiger partial charge is 0.349 e. The number of carbonyl (C=O) groups excluding carboxylic acids is 1. The molecule has 0 unspecified atom stereocenters. The van der Waals surface area contributed by atoms with Gasteiger partial charge in [0.2, 0.25) is 0 Å². The summed E-state index contributed by atoms with van der Waals surface area (Å²) in [6, 6.07) is 5.04.